The first kappa shape index (κ1) is 21.4. The molecule has 1 amide bonds. The first-order valence-electron chi connectivity index (χ1n) is 10.7. The van der Waals surface area contributed by atoms with E-state index in [2.05, 4.69) is 49.6 Å². The van der Waals surface area contributed by atoms with E-state index in [1.165, 1.54) is 29.6 Å². The fourth-order valence-electron chi connectivity index (χ4n) is 3.68. The fourth-order valence-corrected chi connectivity index (χ4v) is 4.57. The first-order valence-corrected chi connectivity index (χ1v) is 11.5. The molecule has 2 aliphatic rings. The molecule has 0 saturated carbocycles. The molecule has 3 aromatic rings. The summed E-state index contributed by atoms with van der Waals surface area (Å²) in [4.78, 5) is 26.5. The van der Waals surface area contributed by atoms with Crippen LogP contribution in [0.2, 0.25) is 0 Å². The van der Waals surface area contributed by atoms with Gasteiger partial charge in [0.05, 0.1) is 16.8 Å². The second-order valence-corrected chi connectivity index (χ2v) is 9.02. The number of aromatic nitrogens is 2. The van der Waals surface area contributed by atoms with E-state index in [9.17, 15) is 9.18 Å². The molecule has 9 heteroatoms. The average molecular weight is 463 g/mol. The van der Waals surface area contributed by atoms with Gasteiger partial charge in [0.15, 0.2) is 0 Å². The number of carbonyl (C=O) groups excluding carboxylic acids is 1. The molecule has 0 spiro atoms. The van der Waals surface area contributed by atoms with E-state index in [0.29, 0.717) is 21.6 Å². The van der Waals surface area contributed by atoms with Crippen molar-refractivity contribution in [2.45, 2.75) is 5.03 Å². The van der Waals surface area contributed by atoms with Crippen LogP contribution in [0.1, 0.15) is 5.56 Å². The van der Waals surface area contributed by atoms with Crippen LogP contribution >= 0.6 is 11.8 Å². The maximum atomic E-state index is 13.2. The van der Waals surface area contributed by atoms with Crippen LogP contribution in [0, 0.1) is 5.82 Å². The molecular formula is C24H23FN6OS. The van der Waals surface area contributed by atoms with Gasteiger partial charge in [-0.15, -0.1) is 0 Å². The number of benzene rings is 2. The second-order valence-electron chi connectivity index (χ2n) is 7.99. The van der Waals surface area contributed by atoms with Gasteiger partial charge in [-0.3, -0.25) is 4.79 Å². The minimum absolute atomic E-state index is 0.236. The molecule has 2 N–H and O–H groups in total. The topological polar surface area (TPSA) is 73.4 Å². The molecule has 33 heavy (non-hydrogen) atoms. The van der Waals surface area contributed by atoms with E-state index in [1.54, 1.807) is 24.4 Å². The number of hydrogen-bond donors (Lipinski definition) is 2. The zero-order valence-corrected chi connectivity index (χ0v) is 18.9. The van der Waals surface area contributed by atoms with Gasteiger partial charge in [0.1, 0.15) is 10.8 Å². The highest BCUT2D eigenvalue weighted by atomic mass is 32.2. The maximum Gasteiger partial charge on any atom is 0.262 e. The summed E-state index contributed by atoms with van der Waals surface area (Å²) >= 11 is 1.26. The fraction of sp³-hybridized carbons (Fsp3) is 0.208. The van der Waals surface area contributed by atoms with Gasteiger partial charge in [0.25, 0.3) is 5.91 Å². The smallest absolute Gasteiger partial charge is 0.262 e. The third kappa shape index (κ3) is 4.99. The Balaban J connectivity index is 1.30. The number of nitrogens with one attached hydrogen (secondary N) is 2. The highest BCUT2D eigenvalue weighted by Crippen LogP contribution is 2.37. The van der Waals surface area contributed by atoms with Gasteiger partial charge in [0, 0.05) is 37.6 Å². The number of halogens is 1. The number of fused-ring (bicyclic) bond motifs is 1. The zero-order valence-electron chi connectivity index (χ0n) is 18.1. The molecule has 0 atom stereocenters. The lowest BCUT2D eigenvalue weighted by molar-refractivity contribution is -0.112. The Bertz CT molecular complexity index is 1190. The summed E-state index contributed by atoms with van der Waals surface area (Å²) < 4.78 is 13.2. The van der Waals surface area contributed by atoms with Crippen LogP contribution < -0.4 is 15.5 Å². The number of nitrogens with zero attached hydrogens (tertiary/aromatic N) is 4. The first-order chi connectivity index (χ1) is 16.0. The van der Waals surface area contributed by atoms with Crippen molar-refractivity contribution < 1.29 is 9.18 Å². The lowest BCUT2D eigenvalue weighted by Crippen LogP contribution is -2.44. The van der Waals surface area contributed by atoms with Crippen molar-refractivity contribution in [2.24, 2.45) is 0 Å². The zero-order chi connectivity index (χ0) is 22.8. The number of thioether (sulfide) groups is 1. The predicted octanol–water partition coefficient (Wildman–Crippen LogP) is 4.20. The lowest BCUT2D eigenvalue weighted by atomic mass is 10.2. The molecule has 2 aliphatic heterocycles. The molecule has 3 heterocycles. The summed E-state index contributed by atoms with van der Waals surface area (Å²) in [5.74, 6) is -0.102. The summed E-state index contributed by atoms with van der Waals surface area (Å²) in [7, 11) is 2.15. The molecule has 1 aromatic heterocycles. The van der Waals surface area contributed by atoms with E-state index >= 15 is 0 Å². The van der Waals surface area contributed by atoms with Crippen molar-refractivity contribution in [3.8, 4) is 0 Å². The largest absolute Gasteiger partial charge is 0.369 e. The Morgan fingerprint density at radius 3 is 2.52 bits per heavy atom. The Morgan fingerprint density at radius 2 is 1.79 bits per heavy atom. The minimum Gasteiger partial charge on any atom is -0.369 e. The predicted molar refractivity (Wildman–Crippen MR) is 130 cm³/mol. The highest BCUT2D eigenvalue weighted by molar-refractivity contribution is 8.04. The Hall–Kier alpha value is -3.43. The van der Waals surface area contributed by atoms with Crippen molar-refractivity contribution in [3.63, 3.8) is 0 Å². The van der Waals surface area contributed by atoms with Crippen molar-refractivity contribution in [1.29, 1.82) is 0 Å². The van der Waals surface area contributed by atoms with Crippen molar-refractivity contribution in [1.82, 2.24) is 14.9 Å². The summed E-state index contributed by atoms with van der Waals surface area (Å²) in [6.45, 7) is 4.17. The lowest BCUT2D eigenvalue weighted by Gasteiger charge is -2.34. The molecule has 168 valence electrons. The van der Waals surface area contributed by atoms with Gasteiger partial charge in [-0.2, -0.15) is 0 Å². The van der Waals surface area contributed by atoms with E-state index in [1.807, 2.05) is 12.1 Å². The number of piperazine rings is 1. The average Bonchev–Trinajstić information content (AvgIpc) is 2.82. The monoisotopic (exact) mass is 462 g/mol. The van der Waals surface area contributed by atoms with Gasteiger partial charge in [0.2, 0.25) is 5.95 Å². The van der Waals surface area contributed by atoms with Gasteiger partial charge in [-0.1, -0.05) is 23.9 Å². The third-order valence-corrected chi connectivity index (χ3v) is 6.62. The number of likely N-dealkylation sites (N-methyl/N-ethyl adjacent to an activating group) is 1. The number of anilines is 4. The van der Waals surface area contributed by atoms with Gasteiger partial charge < -0.3 is 20.4 Å². The second kappa shape index (κ2) is 9.21. The van der Waals surface area contributed by atoms with E-state index < -0.39 is 0 Å². The highest BCUT2D eigenvalue weighted by Gasteiger charge is 2.23. The minimum atomic E-state index is -0.316. The van der Waals surface area contributed by atoms with Crippen LogP contribution in [0.3, 0.4) is 0 Å². The van der Waals surface area contributed by atoms with Crippen LogP contribution in [0.15, 0.2) is 64.7 Å². The maximum absolute atomic E-state index is 13.2. The molecule has 0 unspecified atom stereocenters. The van der Waals surface area contributed by atoms with Crippen LogP contribution in [-0.2, 0) is 4.79 Å². The summed E-state index contributed by atoms with van der Waals surface area (Å²) in [6, 6.07) is 14.2. The molecule has 1 saturated heterocycles. The van der Waals surface area contributed by atoms with Crippen LogP contribution in [0.4, 0.5) is 27.4 Å². The number of hydrogen-bond acceptors (Lipinski definition) is 7. The van der Waals surface area contributed by atoms with Crippen LogP contribution in [0.25, 0.3) is 6.08 Å². The summed E-state index contributed by atoms with van der Waals surface area (Å²) in [5.41, 5.74) is 3.40. The van der Waals surface area contributed by atoms with Crippen molar-refractivity contribution in [2.75, 3.05) is 48.8 Å². The molecule has 0 radical (unpaired) electrons. The Morgan fingerprint density at radius 1 is 1.06 bits per heavy atom. The summed E-state index contributed by atoms with van der Waals surface area (Å²) in [6.07, 6.45) is 3.32. The molecular weight excluding hydrogens is 439 g/mol. The van der Waals surface area contributed by atoms with E-state index in [-0.39, 0.29) is 11.7 Å². The Labute approximate surface area is 195 Å². The van der Waals surface area contributed by atoms with Crippen molar-refractivity contribution in [3.05, 3.63) is 71.0 Å². The summed E-state index contributed by atoms with van der Waals surface area (Å²) in [5, 5.41) is 6.70. The van der Waals surface area contributed by atoms with E-state index in [0.717, 1.165) is 37.4 Å². The number of carbonyl (C=O) groups is 1. The number of rotatable bonds is 4. The quantitative estimate of drug-likeness (QED) is 0.445. The Kier molecular flexibility index (Phi) is 5.97. The van der Waals surface area contributed by atoms with Gasteiger partial charge in [-0.05, 0) is 55.1 Å². The van der Waals surface area contributed by atoms with Crippen LogP contribution in [-0.4, -0.2) is 54.0 Å². The normalized spacial score (nSPS) is 17.6. The molecule has 2 aromatic carbocycles. The molecule has 0 aliphatic carbocycles. The van der Waals surface area contributed by atoms with Gasteiger partial charge >= 0.3 is 0 Å². The number of amides is 1. The molecule has 0 bridgehead atoms. The molecule has 1 fully saturated rings. The van der Waals surface area contributed by atoms with Gasteiger partial charge in [-0.25, -0.2) is 14.4 Å². The van der Waals surface area contributed by atoms with E-state index in [4.69, 9.17) is 0 Å². The molecule has 5 rings (SSSR count). The van der Waals surface area contributed by atoms with Crippen LogP contribution in [0.5, 0.6) is 0 Å². The standard InChI is InChI=1S/C24H23FN6OS/c1-30-10-12-31(13-11-30)19-8-6-18(7-9-19)27-24-26-15-20-23(29-24)33-21(22(32)28-20)14-16-2-4-17(25)5-3-16/h2-9,14-15H,10-13H2,1H3,(H,28,32)(H,26,27,29)/b21-14+. The third-order valence-electron chi connectivity index (χ3n) is 5.59. The SMILES string of the molecule is CN1CCN(c2ccc(Nc3ncc4c(n3)S/C(=C/c3ccc(F)cc3)C(=O)N4)cc2)CC1. The van der Waals surface area contributed by atoms with Crippen molar-refractivity contribution >= 4 is 46.8 Å². The molecule has 7 nitrogen and oxygen atoms in total.